The van der Waals surface area contributed by atoms with Gasteiger partial charge >= 0.3 is 0 Å². The lowest BCUT2D eigenvalue weighted by Crippen LogP contribution is -2.48. The van der Waals surface area contributed by atoms with E-state index in [4.69, 9.17) is 5.73 Å². The highest BCUT2D eigenvalue weighted by atomic mass is 16.2. The Morgan fingerprint density at radius 3 is 2.76 bits per heavy atom. The molecule has 5 N–H and O–H groups in total. The Balaban J connectivity index is 1.97. The van der Waals surface area contributed by atoms with Gasteiger partial charge in [-0.05, 0) is 12.1 Å². The van der Waals surface area contributed by atoms with E-state index < -0.39 is 11.9 Å². The summed E-state index contributed by atoms with van der Waals surface area (Å²) in [6, 6.07) is 7.22. The normalized spacial score (nSPS) is 17.3. The van der Waals surface area contributed by atoms with E-state index in [9.17, 15) is 9.59 Å². The van der Waals surface area contributed by atoms with E-state index in [-0.39, 0.29) is 12.5 Å². The molecule has 0 radical (unpaired) electrons. The van der Waals surface area contributed by atoms with Crippen molar-refractivity contribution in [3.63, 3.8) is 0 Å². The highest BCUT2D eigenvalue weighted by Gasteiger charge is 2.23. The van der Waals surface area contributed by atoms with Gasteiger partial charge in [0.05, 0.1) is 17.9 Å². The van der Waals surface area contributed by atoms with E-state index in [1.807, 2.05) is 24.3 Å². The third-order valence-electron chi connectivity index (χ3n) is 2.51. The fraction of sp³-hybridized carbons (Fsp3) is 0.273. The van der Waals surface area contributed by atoms with Crippen LogP contribution in [0, 0.1) is 0 Å². The summed E-state index contributed by atoms with van der Waals surface area (Å²) in [5.41, 5.74) is 6.79. The molecule has 0 saturated carbocycles. The van der Waals surface area contributed by atoms with Crippen LogP contribution in [0.25, 0.3) is 0 Å². The Morgan fingerprint density at radius 2 is 2.06 bits per heavy atom. The van der Waals surface area contributed by atoms with Gasteiger partial charge in [-0.2, -0.15) is 0 Å². The van der Waals surface area contributed by atoms with E-state index in [1.54, 1.807) is 0 Å². The van der Waals surface area contributed by atoms with E-state index in [0.717, 1.165) is 11.4 Å². The van der Waals surface area contributed by atoms with Gasteiger partial charge in [-0.15, -0.1) is 0 Å². The summed E-state index contributed by atoms with van der Waals surface area (Å²) in [4.78, 5) is 22.2. The summed E-state index contributed by atoms with van der Waals surface area (Å²) in [5.74, 6) is -0.798. The number of fused-ring (bicyclic) bond motifs is 1. The number of carbonyl (C=O) groups is 2. The molecule has 1 aromatic carbocycles. The van der Waals surface area contributed by atoms with E-state index in [0.29, 0.717) is 6.54 Å². The van der Waals surface area contributed by atoms with Crippen LogP contribution in [0.4, 0.5) is 11.4 Å². The number of hydrogen-bond acceptors (Lipinski definition) is 4. The lowest BCUT2D eigenvalue weighted by Gasteiger charge is -2.27. The number of carbonyl (C=O) groups excluding carboxylic acids is 2. The molecular formula is C11H14N4O2. The predicted molar refractivity (Wildman–Crippen MR) is 64.5 cm³/mol. The highest BCUT2D eigenvalue weighted by Crippen LogP contribution is 2.24. The van der Waals surface area contributed by atoms with E-state index >= 15 is 0 Å². The van der Waals surface area contributed by atoms with Crippen LogP contribution in [0.3, 0.4) is 0 Å². The molecule has 1 aromatic rings. The number of amides is 2. The maximum atomic E-state index is 11.7. The fourth-order valence-electron chi connectivity index (χ4n) is 1.67. The number of hydrogen-bond donors (Lipinski definition) is 4. The second-order valence-corrected chi connectivity index (χ2v) is 3.81. The van der Waals surface area contributed by atoms with Crippen molar-refractivity contribution in [2.45, 2.75) is 6.04 Å². The van der Waals surface area contributed by atoms with Gasteiger partial charge in [0.15, 0.2) is 0 Å². The molecule has 0 fully saturated rings. The second kappa shape index (κ2) is 4.73. The minimum atomic E-state index is -0.553. The molecule has 0 bridgehead atoms. The first kappa shape index (κ1) is 11.3. The molecule has 17 heavy (non-hydrogen) atoms. The van der Waals surface area contributed by atoms with Crippen LogP contribution in [0.2, 0.25) is 0 Å². The third kappa shape index (κ3) is 2.66. The first-order valence-electron chi connectivity index (χ1n) is 5.32. The van der Waals surface area contributed by atoms with Gasteiger partial charge in [0.25, 0.3) is 0 Å². The van der Waals surface area contributed by atoms with Crippen LogP contribution in [0.15, 0.2) is 24.3 Å². The number of rotatable bonds is 3. The predicted octanol–water partition coefficient (Wildman–Crippen LogP) is -0.506. The number of nitrogens with one attached hydrogen (secondary N) is 3. The molecule has 0 saturated heterocycles. The first-order valence-corrected chi connectivity index (χ1v) is 5.32. The number of anilines is 2. The van der Waals surface area contributed by atoms with Crippen molar-refractivity contribution in [3.8, 4) is 0 Å². The topological polar surface area (TPSA) is 96.2 Å². The Labute approximate surface area is 98.6 Å². The first-order chi connectivity index (χ1) is 8.16. The van der Waals surface area contributed by atoms with Crippen LogP contribution in [-0.2, 0) is 9.59 Å². The maximum Gasteiger partial charge on any atom is 0.244 e. The quantitative estimate of drug-likeness (QED) is 0.566. The molecule has 0 aliphatic carbocycles. The Bertz CT molecular complexity index is 447. The largest absolute Gasteiger partial charge is 0.381 e. The number of benzene rings is 1. The molecule has 2 amide bonds. The number of primary amides is 1. The van der Waals surface area contributed by atoms with Gasteiger partial charge in [-0.3, -0.25) is 9.59 Å². The summed E-state index contributed by atoms with van der Waals surface area (Å²) in [6.45, 7) is 0.334. The Kier molecular flexibility index (Phi) is 3.13. The fourth-order valence-corrected chi connectivity index (χ4v) is 1.67. The minimum absolute atomic E-state index is 0.140. The number of nitrogens with two attached hydrogens (primary N) is 1. The van der Waals surface area contributed by atoms with Gasteiger partial charge in [-0.25, -0.2) is 0 Å². The molecule has 6 heteroatoms. The maximum absolute atomic E-state index is 11.7. The molecule has 1 aliphatic rings. The minimum Gasteiger partial charge on any atom is -0.381 e. The zero-order chi connectivity index (χ0) is 12.3. The number of para-hydroxylation sites is 2. The molecule has 2 rings (SSSR count). The highest BCUT2D eigenvalue weighted by molar-refractivity contribution is 5.91. The van der Waals surface area contributed by atoms with Gasteiger partial charge in [0, 0.05) is 6.54 Å². The molecule has 90 valence electrons. The average molecular weight is 234 g/mol. The summed E-state index contributed by atoms with van der Waals surface area (Å²) in [7, 11) is 0. The van der Waals surface area contributed by atoms with E-state index in [1.165, 1.54) is 0 Å². The van der Waals surface area contributed by atoms with Crippen molar-refractivity contribution >= 4 is 23.2 Å². The molecule has 1 unspecified atom stereocenters. The van der Waals surface area contributed by atoms with Crippen molar-refractivity contribution in [3.05, 3.63) is 24.3 Å². The standard InChI is InChI=1S/C11H14N4O2/c12-10(16)6-14-11(17)9-5-13-7-3-1-2-4-8(7)15-9/h1-4,9,13,15H,5-6H2,(H2,12,16)(H,14,17). The molecule has 1 aliphatic heterocycles. The summed E-state index contributed by atoms with van der Waals surface area (Å²) < 4.78 is 0. The van der Waals surface area contributed by atoms with Gasteiger partial charge < -0.3 is 21.7 Å². The third-order valence-corrected chi connectivity index (χ3v) is 2.51. The zero-order valence-electron chi connectivity index (χ0n) is 9.19. The average Bonchev–Trinajstić information content (AvgIpc) is 2.35. The molecular weight excluding hydrogens is 220 g/mol. The SMILES string of the molecule is NC(=O)CNC(=O)C1CNc2ccccc2N1. The van der Waals surface area contributed by atoms with Crippen LogP contribution < -0.4 is 21.7 Å². The lowest BCUT2D eigenvalue weighted by atomic mass is 10.1. The molecule has 6 nitrogen and oxygen atoms in total. The lowest BCUT2D eigenvalue weighted by molar-refractivity contribution is -0.125. The van der Waals surface area contributed by atoms with E-state index in [2.05, 4.69) is 16.0 Å². The van der Waals surface area contributed by atoms with Crippen LogP contribution >= 0.6 is 0 Å². The summed E-state index contributed by atoms with van der Waals surface area (Å²) >= 11 is 0. The molecule has 0 aromatic heterocycles. The summed E-state index contributed by atoms with van der Waals surface area (Å²) in [5, 5.41) is 8.70. The van der Waals surface area contributed by atoms with Crippen LogP contribution in [-0.4, -0.2) is 30.9 Å². The smallest absolute Gasteiger partial charge is 0.244 e. The molecule has 0 spiro atoms. The molecule has 1 atom stereocenters. The van der Waals surface area contributed by atoms with Gasteiger partial charge in [0.1, 0.15) is 6.04 Å². The van der Waals surface area contributed by atoms with Crippen molar-refractivity contribution in [1.29, 1.82) is 0 Å². The Hall–Kier alpha value is -2.24. The van der Waals surface area contributed by atoms with Crippen molar-refractivity contribution in [1.82, 2.24) is 5.32 Å². The molecule has 1 heterocycles. The van der Waals surface area contributed by atoms with Crippen molar-refractivity contribution in [2.24, 2.45) is 5.73 Å². The van der Waals surface area contributed by atoms with Crippen LogP contribution in [0.5, 0.6) is 0 Å². The van der Waals surface area contributed by atoms with Crippen molar-refractivity contribution < 1.29 is 9.59 Å². The van der Waals surface area contributed by atoms with Gasteiger partial charge in [-0.1, -0.05) is 12.1 Å². The van der Waals surface area contributed by atoms with Crippen molar-refractivity contribution in [2.75, 3.05) is 23.7 Å². The summed E-state index contributed by atoms with van der Waals surface area (Å²) in [6.07, 6.45) is 0. The second-order valence-electron chi connectivity index (χ2n) is 3.81. The Morgan fingerprint density at radius 1 is 1.35 bits per heavy atom. The monoisotopic (exact) mass is 234 g/mol. The van der Waals surface area contributed by atoms with Gasteiger partial charge in [0.2, 0.25) is 11.8 Å². The van der Waals surface area contributed by atoms with Crippen LogP contribution in [0.1, 0.15) is 0 Å². The zero-order valence-corrected chi connectivity index (χ0v) is 9.19.